The number of nitrogens with one attached hydrogen (secondary N) is 1. The molecule has 1 heterocycles. The van der Waals surface area contributed by atoms with Gasteiger partial charge in [-0.15, -0.1) is 0 Å². The second kappa shape index (κ2) is 7.22. The van der Waals surface area contributed by atoms with Gasteiger partial charge in [-0.3, -0.25) is 9.69 Å². The number of nitrogens with zero attached hydrogens (tertiary/aromatic N) is 1. The first-order valence-corrected chi connectivity index (χ1v) is 7.72. The predicted octanol–water partition coefficient (Wildman–Crippen LogP) is 3.60. The summed E-state index contributed by atoms with van der Waals surface area (Å²) in [5, 5.41) is 7.16. The van der Waals surface area contributed by atoms with Crippen LogP contribution in [0.15, 0.2) is 47.2 Å². The Kier molecular flexibility index (Phi) is 5.32. The van der Waals surface area contributed by atoms with E-state index >= 15 is 0 Å². The zero-order valence-corrected chi connectivity index (χ0v) is 12.7. The van der Waals surface area contributed by atoms with Gasteiger partial charge in [0.25, 0.3) is 0 Å². The van der Waals surface area contributed by atoms with E-state index in [9.17, 15) is 4.79 Å². The van der Waals surface area contributed by atoms with Gasteiger partial charge in [0.2, 0.25) is 5.91 Å². The highest BCUT2D eigenvalue weighted by molar-refractivity contribution is 7.07. The lowest BCUT2D eigenvalue weighted by Gasteiger charge is -2.25. The van der Waals surface area contributed by atoms with Crippen LogP contribution >= 0.6 is 11.3 Å². The van der Waals surface area contributed by atoms with Crippen molar-refractivity contribution in [2.75, 3.05) is 12.4 Å². The molecule has 3 nitrogen and oxygen atoms in total. The van der Waals surface area contributed by atoms with Gasteiger partial charge in [-0.1, -0.05) is 25.1 Å². The number of anilines is 1. The second-order valence-electron chi connectivity index (χ2n) is 4.83. The highest BCUT2D eigenvalue weighted by Crippen LogP contribution is 2.14. The summed E-state index contributed by atoms with van der Waals surface area (Å²) in [4.78, 5) is 14.5. The molecule has 0 radical (unpaired) electrons. The van der Waals surface area contributed by atoms with Crippen molar-refractivity contribution in [3.63, 3.8) is 0 Å². The molecule has 0 aliphatic carbocycles. The summed E-state index contributed by atoms with van der Waals surface area (Å²) >= 11 is 1.68. The average molecular weight is 288 g/mol. The molecule has 0 aliphatic rings. The average Bonchev–Trinajstić information content (AvgIpc) is 2.93. The molecule has 4 heteroatoms. The van der Waals surface area contributed by atoms with Crippen LogP contribution in [0.5, 0.6) is 0 Å². The Labute approximate surface area is 124 Å². The number of rotatable bonds is 6. The van der Waals surface area contributed by atoms with Gasteiger partial charge in [0.1, 0.15) is 0 Å². The van der Waals surface area contributed by atoms with Crippen molar-refractivity contribution in [1.82, 2.24) is 4.90 Å². The third-order valence-electron chi connectivity index (χ3n) is 3.27. The largest absolute Gasteiger partial charge is 0.325 e. The number of amides is 1. The molecule has 2 aromatic rings. The Morgan fingerprint density at radius 2 is 2.05 bits per heavy atom. The normalized spacial score (nSPS) is 12.3. The van der Waals surface area contributed by atoms with E-state index in [0.29, 0.717) is 0 Å². The fourth-order valence-electron chi connectivity index (χ4n) is 2.23. The smallest absolute Gasteiger partial charge is 0.241 e. The summed E-state index contributed by atoms with van der Waals surface area (Å²) in [5.41, 5.74) is 2.10. The molecular weight excluding hydrogens is 268 g/mol. The van der Waals surface area contributed by atoms with E-state index in [4.69, 9.17) is 0 Å². The number of carbonyl (C=O) groups excluding carboxylic acids is 1. The minimum absolute atomic E-state index is 0.0522. The van der Waals surface area contributed by atoms with E-state index in [2.05, 4.69) is 27.0 Å². The highest BCUT2D eigenvalue weighted by Gasteiger charge is 2.21. The Bertz CT molecular complexity index is 525. The molecule has 0 saturated carbocycles. The predicted molar refractivity (Wildman–Crippen MR) is 84.9 cm³/mol. The standard InChI is InChI=1S/C16H20N2OS/c1-3-15(18(2)11-13-9-10-20-12-13)16(19)17-14-7-5-4-6-8-14/h4-10,12,15H,3,11H2,1-2H3,(H,17,19). The summed E-state index contributed by atoms with van der Waals surface area (Å²) in [7, 11) is 2.00. The van der Waals surface area contributed by atoms with Crippen LogP contribution in [0.3, 0.4) is 0 Å². The van der Waals surface area contributed by atoms with Crippen molar-refractivity contribution in [2.45, 2.75) is 25.9 Å². The molecule has 1 unspecified atom stereocenters. The van der Waals surface area contributed by atoms with Crippen LogP contribution in [0.1, 0.15) is 18.9 Å². The Morgan fingerprint density at radius 3 is 2.65 bits per heavy atom. The van der Waals surface area contributed by atoms with Crippen LogP contribution in [-0.4, -0.2) is 23.9 Å². The molecule has 0 spiro atoms. The Balaban J connectivity index is 1.98. The summed E-state index contributed by atoms with van der Waals surface area (Å²) < 4.78 is 0. The van der Waals surface area contributed by atoms with Crippen LogP contribution in [0, 0.1) is 0 Å². The molecule has 0 saturated heterocycles. The molecule has 0 aliphatic heterocycles. The first-order chi connectivity index (χ1) is 9.70. The minimum Gasteiger partial charge on any atom is -0.325 e. The van der Waals surface area contributed by atoms with Crippen LogP contribution in [0.25, 0.3) is 0 Å². The SMILES string of the molecule is CCC(C(=O)Nc1ccccc1)N(C)Cc1ccsc1. The molecule has 0 fully saturated rings. The van der Waals surface area contributed by atoms with Gasteiger partial charge < -0.3 is 5.32 Å². The maximum absolute atomic E-state index is 12.4. The molecule has 1 N–H and O–H groups in total. The highest BCUT2D eigenvalue weighted by atomic mass is 32.1. The minimum atomic E-state index is -0.116. The molecule has 1 aromatic carbocycles. The van der Waals surface area contributed by atoms with Crippen molar-refractivity contribution in [2.24, 2.45) is 0 Å². The van der Waals surface area contributed by atoms with Crippen LogP contribution in [-0.2, 0) is 11.3 Å². The first kappa shape index (κ1) is 14.8. The third kappa shape index (κ3) is 3.92. The third-order valence-corrected chi connectivity index (χ3v) is 4.01. The number of benzene rings is 1. The lowest BCUT2D eigenvalue weighted by atomic mass is 10.1. The summed E-state index contributed by atoms with van der Waals surface area (Å²) in [6.07, 6.45) is 0.791. The monoisotopic (exact) mass is 288 g/mol. The molecule has 106 valence electrons. The van der Waals surface area contributed by atoms with Gasteiger partial charge in [0, 0.05) is 12.2 Å². The zero-order valence-electron chi connectivity index (χ0n) is 11.9. The van der Waals surface area contributed by atoms with Gasteiger partial charge in [-0.25, -0.2) is 0 Å². The molecule has 2 rings (SSSR count). The van der Waals surface area contributed by atoms with E-state index in [-0.39, 0.29) is 11.9 Å². The number of para-hydroxylation sites is 1. The molecule has 1 amide bonds. The van der Waals surface area contributed by atoms with Gasteiger partial charge in [0.15, 0.2) is 0 Å². The Morgan fingerprint density at radius 1 is 1.30 bits per heavy atom. The van der Waals surface area contributed by atoms with E-state index in [0.717, 1.165) is 18.7 Å². The molecule has 1 aromatic heterocycles. The van der Waals surface area contributed by atoms with Crippen molar-refractivity contribution in [3.8, 4) is 0 Å². The van der Waals surface area contributed by atoms with Gasteiger partial charge >= 0.3 is 0 Å². The van der Waals surface area contributed by atoms with Crippen molar-refractivity contribution >= 4 is 22.9 Å². The zero-order chi connectivity index (χ0) is 14.4. The van der Waals surface area contributed by atoms with Crippen LogP contribution in [0.2, 0.25) is 0 Å². The molecule has 1 atom stereocenters. The van der Waals surface area contributed by atoms with Crippen LogP contribution < -0.4 is 5.32 Å². The number of likely N-dealkylation sites (N-methyl/N-ethyl adjacent to an activating group) is 1. The number of carbonyl (C=O) groups is 1. The van der Waals surface area contributed by atoms with Gasteiger partial charge in [-0.2, -0.15) is 11.3 Å². The topological polar surface area (TPSA) is 32.3 Å². The second-order valence-corrected chi connectivity index (χ2v) is 5.61. The van der Waals surface area contributed by atoms with E-state index in [1.807, 2.05) is 44.3 Å². The number of hydrogen-bond donors (Lipinski definition) is 1. The lowest BCUT2D eigenvalue weighted by molar-refractivity contribution is -0.121. The van der Waals surface area contributed by atoms with E-state index in [1.165, 1.54) is 5.56 Å². The van der Waals surface area contributed by atoms with Crippen molar-refractivity contribution in [3.05, 3.63) is 52.7 Å². The maximum atomic E-state index is 12.4. The maximum Gasteiger partial charge on any atom is 0.241 e. The number of thiophene rings is 1. The summed E-state index contributed by atoms with van der Waals surface area (Å²) in [5.74, 6) is 0.0522. The van der Waals surface area contributed by atoms with Crippen molar-refractivity contribution < 1.29 is 4.79 Å². The molecule has 0 bridgehead atoms. The fraction of sp³-hybridized carbons (Fsp3) is 0.312. The fourth-order valence-corrected chi connectivity index (χ4v) is 2.88. The summed E-state index contributed by atoms with van der Waals surface area (Å²) in [6.45, 7) is 2.84. The first-order valence-electron chi connectivity index (χ1n) is 6.78. The van der Waals surface area contributed by atoms with Gasteiger partial charge in [0.05, 0.1) is 6.04 Å². The Hall–Kier alpha value is -1.65. The quantitative estimate of drug-likeness (QED) is 0.881. The van der Waals surface area contributed by atoms with Crippen LogP contribution in [0.4, 0.5) is 5.69 Å². The van der Waals surface area contributed by atoms with E-state index in [1.54, 1.807) is 11.3 Å². The van der Waals surface area contributed by atoms with E-state index < -0.39 is 0 Å². The number of hydrogen-bond acceptors (Lipinski definition) is 3. The summed E-state index contributed by atoms with van der Waals surface area (Å²) in [6, 6.07) is 11.6. The van der Waals surface area contributed by atoms with Gasteiger partial charge in [-0.05, 0) is 48.0 Å². The lowest BCUT2D eigenvalue weighted by Crippen LogP contribution is -2.40. The molecule has 20 heavy (non-hydrogen) atoms. The van der Waals surface area contributed by atoms with Crippen molar-refractivity contribution in [1.29, 1.82) is 0 Å². The molecular formula is C16H20N2OS.